The highest BCUT2D eigenvalue weighted by Gasteiger charge is 2.23. The van der Waals surface area contributed by atoms with Crippen molar-refractivity contribution in [2.75, 3.05) is 0 Å². The first-order valence-corrected chi connectivity index (χ1v) is 9.28. The van der Waals surface area contributed by atoms with Gasteiger partial charge in [-0.1, -0.05) is 60.7 Å². The molecule has 144 valence electrons. The Labute approximate surface area is 167 Å². The van der Waals surface area contributed by atoms with Gasteiger partial charge in [-0.25, -0.2) is 4.39 Å². The molecule has 1 atom stereocenters. The van der Waals surface area contributed by atoms with Crippen LogP contribution in [0.15, 0.2) is 78.9 Å². The maximum atomic E-state index is 14.0. The monoisotopic (exact) mass is 386 g/mol. The zero-order valence-electron chi connectivity index (χ0n) is 15.6. The van der Waals surface area contributed by atoms with Crippen LogP contribution in [-0.2, 0) is 11.2 Å². The van der Waals surface area contributed by atoms with Crippen LogP contribution in [0.4, 0.5) is 4.39 Å². The van der Waals surface area contributed by atoms with E-state index in [1.165, 1.54) is 18.2 Å². The zero-order valence-corrected chi connectivity index (χ0v) is 15.6. The molecule has 0 spiro atoms. The molecule has 3 N–H and O–H groups in total. The average Bonchev–Trinajstić information content (AvgIpc) is 2.73. The summed E-state index contributed by atoms with van der Waals surface area (Å²) in [5.41, 5.74) is 6.38. The summed E-state index contributed by atoms with van der Waals surface area (Å²) < 4.78 is 14.0. The number of nitrogens with one attached hydrogen (secondary N) is 1. The van der Waals surface area contributed by atoms with Crippen LogP contribution in [0.5, 0.6) is 0 Å². The van der Waals surface area contributed by atoms with Gasteiger partial charge in [0, 0.05) is 6.42 Å². The van der Waals surface area contributed by atoms with E-state index in [4.69, 9.17) is 5.73 Å². The molecule has 5 heteroatoms. The number of fused-ring (bicyclic) bond motifs is 2. The molecule has 0 radical (unpaired) electrons. The molecule has 0 fully saturated rings. The Hall–Kier alpha value is -3.73. The van der Waals surface area contributed by atoms with Gasteiger partial charge in [-0.05, 0) is 45.3 Å². The van der Waals surface area contributed by atoms with Crippen molar-refractivity contribution >= 4 is 33.4 Å². The summed E-state index contributed by atoms with van der Waals surface area (Å²) in [7, 11) is 0. The number of carbonyl (C=O) groups excluding carboxylic acids is 2. The van der Waals surface area contributed by atoms with Gasteiger partial charge in [0.2, 0.25) is 5.91 Å². The normalized spacial score (nSPS) is 12.0. The summed E-state index contributed by atoms with van der Waals surface area (Å²) in [5, 5.41) is 6.63. The molecule has 0 aliphatic heterocycles. The van der Waals surface area contributed by atoms with Gasteiger partial charge in [-0.15, -0.1) is 0 Å². The first kappa shape index (κ1) is 18.6. The van der Waals surface area contributed by atoms with E-state index in [0.717, 1.165) is 27.1 Å². The van der Waals surface area contributed by atoms with E-state index in [1.54, 1.807) is 6.07 Å². The van der Waals surface area contributed by atoms with Crippen molar-refractivity contribution in [2.45, 2.75) is 12.5 Å². The van der Waals surface area contributed by atoms with E-state index >= 15 is 0 Å². The van der Waals surface area contributed by atoms with Gasteiger partial charge in [0.15, 0.2) is 0 Å². The lowest BCUT2D eigenvalue weighted by Gasteiger charge is -2.19. The topological polar surface area (TPSA) is 72.2 Å². The minimum absolute atomic E-state index is 0.124. The Morgan fingerprint density at radius 1 is 0.862 bits per heavy atom. The number of primary amides is 1. The van der Waals surface area contributed by atoms with Crippen LogP contribution >= 0.6 is 0 Å². The maximum Gasteiger partial charge on any atom is 0.254 e. The summed E-state index contributed by atoms with van der Waals surface area (Å²) in [4.78, 5) is 24.7. The highest BCUT2D eigenvalue weighted by molar-refractivity contribution is 6.03. The largest absolute Gasteiger partial charge is 0.368 e. The lowest BCUT2D eigenvalue weighted by molar-refractivity contribution is -0.119. The molecule has 0 saturated heterocycles. The molecule has 0 aliphatic rings. The first-order chi connectivity index (χ1) is 14.0. The van der Waals surface area contributed by atoms with E-state index in [9.17, 15) is 14.0 Å². The van der Waals surface area contributed by atoms with E-state index in [1.807, 2.05) is 48.5 Å². The number of hydrogen-bond donors (Lipinski definition) is 2. The van der Waals surface area contributed by atoms with Crippen molar-refractivity contribution in [1.29, 1.82) is 0 Å². The summed E-state index contributed by atoms with van der Waals surface area (Å²) >= 11 is 0. The van der Waals surface area contributed by atoms with Crippen LogP contribution in [0.3, 0.4) is 0 Å². The number of rotatable bonds is 5. The van der Waals surface area contributed by atoms with Crippen molar-refractivity contribution < 1.29 is 14.0 Å². The molecule has 0 aromatic heterocycles. The smallest absolute Gasteiger partial charge is 0.254 e. The quantitative estimate of drug-likeness (QED) is 0.510. The lowest BCUT2D eigenvalue weighted by atomic mass is 9.92. The molecule has 4 nitrogen and oxygen atoms in total. The molecule has 4 aromatic carbocycles. The summed E-state index contributed by atoms with van der Waals surface area (Å²) in [5.74, 6) is -1.99. The van der Waals surface area contributed by atoms with E-state index < -0.39 is 23.7 Å². The molecule has 2 amide bonds. The van der Waals surface area contributed by atoms with Gasteiger partial charge < -0.3 is 11.1 Å². The third-order valence-corrected chi connectivity index (χ3v) is 5.06. The molecule has 4 rings (SSSR count). The Balaban J connectivity index is 1.75. The van der Waals surface area contributed by atoms with E-state index in [0.29, 0.717) is 0 Å². The molecule has 29 heavy (non-hydrogen) atoms. The van der Waals surface area contributed by atoms with Crippen LogP contribution in [0, 0.1) is 5.82 Å². The Bertz CT molecular complexity index is 1180. The Morgan fingerprint density at radius 2 is 1.41 bits per heavy atom. The molecule has 0 unspecified atom stereocenters. The van der Waals surface area contributed by atoms with Gasteiger partial charge in [-0.3, -0.25) is 9.59 Å². The first-order valence-electron chi connectivity index (χ1n) is 9.28. The minimum atomic E-state index is -0.976. The van der Waals surface area contributed by atoms with Gasteiger partial charge in [0.25, 0.3) is 5.91 Å². The average molecular weight is 386 g/mol. The lowest BCUT2D eigenvalue weighted by Crippen LogP contribution is -2.46. The highest BCUT2D eigenvalue weighted by Crippen LogP contribution is 2.29. The fourth-order valence-electron chi connectivity index (χ4n) is 3.64. The third-order valence-electron chi connectivity index (χ3n) is 5.06. The maximum absolute atomic E-state index is 14.0. The number of carbonyl (C=O) groups is 2. The zero-order chi connectivity index (χ0) is 20.4. The molecule has 0 bridgehead atoms. The molecular weight excluding hydrogens is 367 g/mol. The Morgan fingerprint density at radius 3 is 2.00 bits per heavy atom. The molecule has 4 aromatic rings. The van der Waals surface area contributed by atoms with Crippen molar-refractivity contribution in [1.82, 2.24) is 5.32 Å². The number of halogens is 1. The van der Waals surface area contributed by atoms with Crippen molar-refractivity contribution in [3.05, 3.63) is 95.8 Å². The van der Waals surface area contributed by atoms with Gasteiger partial charge in [0.05, 0.1) is 5.56 Å². The molecule has 0 aliphatic carbocycles. The summed E-state index contributed by atoms with van der Waals surface area (Å²) in [6.07, 6.45) is 0.206. The van der Waals surface area contributed by atoms with Gasteiger partial charge >= 0.3 is 0 Å². The summed E-state index contributed by atoms with van der Waals surface area (Å²) in [6, 6.07) is 22.5. The van der Waals surface area contributed by atoms with Gasteiger partial charge in [-0.2, -0.15) is 0 Å². The second-order valence-corrected chi connectivity index (χ2v) is 6.91. The van der Waals surface area contributed by atoms with Crippen LogP contribution in [0.25, 0.3) is 21.5 Å². The number of benzene rings is 4. The van der Waals surface area contributed by atoms with Crippen molar-refractivity contribution in [3.8, 4) is 0 Å². The fraction of sp³-hybridized carbons (Fsp3) is 0.0833. The van der Waals surface area contributed by atoms with Crippen LogP contribution in [-0.4, -0.2) is 17.9 Å². The Kier molecular flexibility index (Phi) is 4.96. The SMILES string of the molecule is NC(=O)[C@H](Cc1c2ccccc2cc2ccccc12)NC(=O)c1ccccc1F. The summed E-state index contributed by atoms with van der Waals surface area (Å²) in [6.45, 7) is 0. The van der Waals surface area contributed by atoms with E-state index in [2.05, 4.69) is 11.4 Å². The third kappa shape index (κ3) is 3.67. The predicted octanol–water partition coefficient (Wildman–Crippen LogP) is 3.96. The fourth-order valence-corrected chi connectivity index (χ4v) is 3.64. The van der Waals surface area contributed by atoms with Crippen LogP contribution < -0.4 is 11.1 Å². The number of amides is 2. The van der Waals surface area contributed by atoms with E-state index in [-0.39, 0.29) is 12.0 Å². The van der Waals surface area contributed by atoms with Crippen LogP contribution in [0.1, 0.15) is 15.9 Å². The highest BCUT2D eigenvalue weighted by atomic mass is 19.1. The standard InChI is InChI=1S/C24H19FN2O2/c25-21-12-6-5-11-19(21)24(29)27-22(23(26)28)14-20-17-9-3-1-7-15(17)13-16-8-2-4-10-18(16)20/h1-13,22H,14H2,(H2,26,28)(H,27,29)/t22-/m0/s1. The molecule has 0 saturated carbocycles. The second-order valence-electron chi connectivity index (χ2n) is 6.91. The van der Waals surface area contributed by atoms with Gasteiger partial charge in [0.1, 0.15) is 11.9 Å². The van der Waals surface area contributed by atoms with Crippen molar-refractivity contribution in [2.24, 2.45) is 5.73 Å². The number of nitrogens with two attached hydrogens (primary N) is 1. The minimum Gasteiger partial charge on any atom is -0.368 e. The van der Waals surface area contributed by atoms with Crippen LogP contribution in [0.2, 0.25) is 0 Å². The number of hydrogen-bond acceptors (Lipinski definition) is 2. The molecule has 0 heterocycles. The second kappa shape index (κ2) is 7.72. The van der Waals surface area contributed by atoms with Crippen molar-refractivity contribution in [3.63, 3.8) is 0 Å². The molecular formula is C24H19FN2O2. The predicted molar refractivity (Wildman–Crippen MR) is 112 cm³/mol.